The van der Waals surface area contributed by atoms with E-state index in [-0.39, 0.29) is 29.7 Å². The molecular formula is C24H30N2O6. The van der Waals surface area contributed by atoms with Gasteiger partial charge < -0.3 is 29.5 Å². The number of piperazine rings is 1. The number of carbonyl (C=O) groups excluding carboxylic acids is 1. The number of nitrogens with zero attached hydrogens (tertiary/aromatic N) is 2. The minimum Gasteiger partial charge on any atom is -0.507 e. The number of aromatic carboxylic acids is 1. The van der Waals surface area contributed by atoms with Crippen molar-refractivity contribution in [2.24, 2.45) is 0 Å². The van der Waals surface area contributed by atoms with Gasteiger partial charge >= 0.3 is 5.97 Å². The molecule has 1 saturated heterocycles. The number of phenolic OH excluding ortho intramolecular Hbond substituents is 1. The Morgan fingerprint density at radius 1 is 1.12 bits per heavy atom. The number of carbonyl (C=O) groups is 2. The number of carboxylic acids is 1. The van der Waals surface area contributed by atoms with Gasteiger partial charge in [0.25, 0.3) is 0 Å². The molecule has 0 bridgehead atoms. The Kier molecular flexibility index (Phi) is 7.25. The van der Waals surface area contributed by atoms with E-state index < -0.39 is 11.9 Å². The smallest absolute Gasteiger partial charge is 0.335 e. The molecule has 8 nitrogen and oxygen atoms in total. The van der Waals surface area contributed by atoms with Crippen LogP contribution in [0.5, 0.6) is 17.2 Å². The lowest BCUT2D eigenvalue weighted by Gasteiger charge is -2.38. The lowest BCUT2D eigenvalue weighted by molar-refractivity contribution is -0.134. The average molecular weight is 443 g/mol. The fourth-order valence-electron chi connectivity index (χ4n) is 4.05. The van der Waals surface area contributed by atoms with Gasteiger partial charge in [-0.1, -0.05) is 12.1 Å². The summed E-state index contributed by atoms with van der Waals surface area (Å²) in [4.78, 5) is 28.6. The second-order valence-corrected chi connectivity index (χ2v) is 8.12. The highest BCUT2D eigenvalue weighted by atomic mass is 16.5. The van der Waals surface area contributed by atoms with Crippen molar-refractivity contribution < 1.29 is 29.3 Å². The van der Waals surface area contributed by atoms with Crippen LogP contribution in [0.1, 0.15) is 40.7 Å². The Morgan fingerprint density at radius 3 is 2.38 bits per heavy atom. The molecule has 1 fully saturated rings. The SMILES string of the molecule is COc1cc(O)c(C(CC(=O)N2CCN(C)C(C)C2)c2ccc(C(=O)O)cc2)c(OC)c1. The van der Waals surface area contributed by atoms with Crippen molar-refractivity contribution >= 4 is 11.9 Å². The van der Waals surface area contributed by atoms with Crippen molar-refractivity contribution in [3.8, 4) is 17.2 Å². The minimum absolute atomic E-state index is 0.0328. The van der Waals surface area contributed by atoms with Crippen molar-refractivity contribution in [2.45, 2.75) is 25.3 Å². The fourth-order valence-corrected chi connectivity index (χ4v) is 4.05. The van der Waals surface area contributed by atoms with Crippen LogP contribution in [0.2, 0.25) is 0 Å². The van der Waals surface area contributed by atoms with Crippen molar-refractivity contribution in [3.63, 3.8) is 0 Å². The van der Waals surface area contributed by atoms with Crippen molar-refractivity contribution in [1.29, 1.82) is 0 Å². The van der Waals surface area contributed by atoms with E-state index >= 15 is 0 Å². The third-order valence-electron chi connectivity index (χ3n) is 6.15. The molecule has 1 aliphatic rings. The van der Waals surface area contributed by atoms with Gasteiger partial charge in [-0.15, -0.1) is 0 Å². The summed E-state index contributed by atoms with van der Waals surface area (Å²) in [6, 6.07) is 9.76. The van der Waals surface area contributed by atoms with E-state index in [1.165, 1.54) is 32.4 Å². The van der Waals surface area contributed by atoms with Gasteiger partial charge in [-0.3, -0.25) is 4.79 Å². The van der Waals surface area contributed by atoms with E-state index in [1.807, 2.05) is 11.9 Å². The molecule has 0 spiro atoms. The maximum Gasteiger partial charge on any atom is 0.335 e. The summed E-state index contributed by atoms with van der Waals surface area (Å²) in [5.74, 6) is -0.805. The van der Waals surface area contributed by atoms with Crippen LogP contribution >= 0.6 is 0 Å². The Balaban J connectivity index is 2.01. The summed E-state index contributed by atoms with van der Waals surface area (Å²) in [6.45, 7) is 4.14. The summed E-state index contributed by atoms with van der Waals surface area (Å²) in [7, 11) is 5.03. The van der Waals surface area contributed by atoms with Crippen molar-refractivity contribution in [2.75, 3.05) is 40.9 Å². The summed E-state index contributed by atoms with van der Waals surface area (Å²) in [6.07, 6.45) is 0.110. The molecule has 0 aromatic heterocycles. The van der Waals surface area contributed by atoms with Gasteiger partial charge in [0.05, 0.1) is 19.8 Å². The first kappa shape index (κ1) is 23.4. The molecule has 2 unspecified atom stereocenters. The fraction of sp³-hybridized carbons (Fsp3) is 0.417. The summed E-state index contributed by atoms with van der Waals surface area (Å²) >= 11 is 0. The molecule has 3 rings (SSSR count). The third-order valence-corrected chi connectivity index (χ3v) is 6.15. The molecule has 2 aromatic carbocycles. The van der Waals surface area contributed by atoms with Gasteiger partial charge in [-0.2, -0.15) is 0 Å². The lowest BCUT2D eigenvalue weighted by Crippen LogP contribution is -2.52. The summed E-state index contributed by atoms with van der Waals surface area (Å²) in [5.41, 5.74) is 1.33. The quantitative estimate of drug-likeness (QED) is 0.680. The van der Waals surface area contributed by atoms with Crippen LogP contribution in [0, 0.1) is 0 Å². The molecule has 1 heterocycles. The van der Waals surface area contributed by atoms with Gasteiger partial charge in [-0.05, 0) is 31.7 Å². The predicted octanol–water partition coefficient (Wildman–Crippen LogP) is 2.79. The zero-order chi connectivity index (χ0) is 23.4. The number of ether oxygens (including phenoxy) is 2. The van der Waals surface area contributed by atoms with E-state index in [0.717, 1.165) is 6.54 Å². The molecule has 2 N–H and O–H groups in total. The number of hydrogen-bond donors (Lipinski definition) is 2. The number of amides is 1. The molecule has 32 heavy (non-hydrogen) atoms. The molecular weight excluding hydrogens is 412 g/mol. The monoisotopic (exact) mass is 442 g/mol. The molecule has 2 aromatic rings. The number of rotatable bonds is 7. The standard InChI is InChI=1S/C24H30N2O6/c1-15-14-26(10-9-25(15)2)22(28)13-19(16-5-7-17(8-6-16)24(29)30)23-20(27)11-18(31-3)12-21(23)32-4/h5-8,11-12,15,19,27H,9-10,13-14H2,1-4H3,(H,29,30). The maximum atomic E-state index is 13.3. The molecule has 172 valence electrons. The lowest BCUT2D eigenvalue weighted by atomic mass is 9.86. The minimum atomic E-state index is -1.03. The molecule has 0 radical (unpaired) electrons. The van der Waals surface area contributed by atoms with E-state index in [2.05, 4.69) is 11.8 Å². The van der Waals surface area contributed by atoms with Crippen LogP contribution in [0.25, 0.3) is 0 Å². The first-order valence-corrected chi connectivity index (χ1v) is 10.5. The molecule has 1 amide bonds. The summed E-state index contributed by atoms with van der Waals surface area (Å²) < 4.78 is 10.8. The number of carboxylic acid groups (broad SMARTS) is 1. The highest BCUT2D eigenvalue weighted by Crippen LogP contribution is 2.43. The average Bonchev–Trinajstić information content (AvgIpc) is 2.78. The van der Waals surface area contributed by atoms with Gasteiger partial charge in [0, 0.05) is 55.7 Å². The molecule has 0 aliphatic carbocycles. The number of methoxy groups -OCH3 is 2. The van der Waals surface area contributed by atoms with Gasteiger partial charge in [0.15, 0.2) is 0 Å². The number of hydrogen-bond acceptors (Lipinski definition) is 6. The van der Waals surface area contributed by atoms with Gasteiger partial charge in [0.1, 0.15) is 17.2 Å². The van der Waals surface area contributed by atoms with Gasteiger partial charge in [0.2, 0.25) is 5.91 Å². The number of benzene rings is 2. The van der Waals surface area contributed by atoms with E-state index in [0.29, 0.717) is 35.7 Å². The Morgan fingerprint density at radius 2 is 1.81 bits per heavy atom. The molecule has 8 heteroatoms. The van der Waals surface area contributed by atoms with Crippen LogP contribution in [0.3, 0.4) is 0 Å². The normalized spacial score (nSPS) is 17.6. The molecule has 1 aliphatic heterocycles. The zero-order valence-corrected chi connectivity index (χ0v) is 18.9. The summed E-state index contributed by atoms with van der Waals surface area (Å²) in [5, 5.41) is 20.1. The van der Waals surface area contributed by atoms with Crippen LogP contribution in [-0.4, -0.2) is 78.8 Å². The largest absolute Gasteiger partial charge is 0.507 e. The zero-order valence-electron chi connectivity index (χ0n) is 18.9. The van der Waals surface area contributed by atoms with Crippen LogP contribution in [-0.2, 0) is 4.79 Å². The van der Waals surface area contributed by atoms with Crippen LogP contribution in [0.4, 0.5) is 0 Å². The number of aromatic hydroxyl groups is 1. The second-order valence-electron chi connectivity index (χ2n) is 8.12. The van der Waals surface area contributed by atoms with E-state index in [4.69, 9.17) is 9.47 Å². The first-order valence-electron chi connectivity index (χ1n) is 10.5. The first-order chi connectivity index (χ1) is 15.2. The molecule has 2 atom stereocenters. The molecule has 0 saturated carbocycles. The Labute approximate surface area is 188 Å². The number of likely N-dealkylation sites (N-methyl/N-ethyl adjacent to an activating group) is 1. The predicted molar refractivity (Wildman–Crippen MR) is 120 cm³/mol. The Bertz CT molecular complexity index is 975. The second kappa shape index (κ2) is 9.91. The maximum absolute atomic E-state index is 13.3. The van der Waals surface area contributed by atoms with Crippen molar-refractivity contribution in [3.05, 3.63) is 53.1 Å². The van der Waals surface area contributed by atoms with E-state index in [1.54, 1.807) is 18.2 Å². The van der Waals surface area contributed by atoms with Gasteiger partial charge in [-0.25, -0.2) is 4.79 Å². The van der Waals surface area contributed by atoms with Crippen molar-refractivity contribution in [1.82, 2.24) is 9.80 Å². The van der Waals surface area contributed by atoms with Crippen LogP contribution < -0.4 is 9.47 Å². The van der Waals surface area contributed by atoms with Crippen LogP contribution in [0.15, 0.2) is 36.4 Å². The Hall–Kier alpha value is -3.26. The topological polar surface area (TPSA) is 99.5 Å². The van der Waals surface area contributed by atoms with E-state index in [9.17, 15) is 19.8 Å². The highest BCUT2D eigenvalue weighted by molar-refractivity contribution is 5.87. The number of phenols is 1. The third kappa shape index (κ3) is 4.96. The highest BCUT2D eigenvalue weighted by Gasteiger charge is 2.30.